The Balaban J connectivity index is 3.08. The molecule has 3 nitrogen and oxygen atoms in total. The van der Waals surface area contributed by atoms with Crippen molar-refractivity contribution in [2.75, 3.05) is 30.3 Å². The van der Waals surface area contributed by atoms with Gasteiger partial charge in [0.2, 0.25) is 0 Å². The zero-order valence-electron chi connectivity index (χ0n) is 8.84. The van der Waals surface area contributed by atoms with E-state index < -0.39 is 36.9 Å². The van der Waals surface area contributed by atoms with Gasteiger partial charge >= 0.3 is 0 Å². The van der Waals surface area contributed by atoms with E-state index in [0.29, 0.717) is 0 Å². The van der Waals surface area contributed by atoms with Crippen LogP contribution in [0.1, 0.15) is 0 Å². The van der Waals surface area contributed by atoms with Gasteiger partial charge in [-0.05, 0) is 12.1 Å². The van der Waals surface area contributed by atoms with E-state index in [1.807, 2.05) is 0 Å². The highest BCUT2D eigenvalue weighted by atomic mass is 19.3. The maximum Gasteiger partial charge on any atom is 0.255 e. The Labute approximate surface area is 95.4 Å². The average Bonchev–Trinajstić information content (AvgIpc) is 2.14. The molecule has 0 atom stereocenters. The van der Waals surface area contributed by atoms with E-state index in [4.69, 9.17) is 10.8 Å². The summed E-state index contributed by atoms with van der Waals surface area (Å²) in [6.45, 7) is -1.64. The summed E-state index contributed by atoms with van der Waals surface area (Å²) in [5, 5.41) is 8.69. The zero-order valence-corrected chi connectivity index (χ0v) is 8.84. The van der Waals surface area contributed by atoms with Crippen molar-refractivity contribution in [1.29, 1.82) is 0 Å². The molecular formula is C10H12F4N2O. The highest BCUT2D eigenvalue weighted by Gasteiger charge is 2.20. The van der Waals surface area contributed by atoms with Gasteiger partial charge in [-0.2, -0.15) is 0 Å². The third-order valence-electron chi connectivity index (χ3n) is 2.08. The highest BCUT2D eigenvalue weighted by molar-refractivity contribution is 5.55. The van der Waals surface area contributed by atoms with E-state index in [0.717, 1.165) is 17.0 Å². The number of hydrogen-bond donors (Lipinski definition) is 2. The average molecular weight is 252 g/mol. The van der Waals surface area contributed by atoms with Crippen molar-refractivity contribution >= 4 is 11.4 Å². The molecule has 1 aromatic rings. The molecule has 96 valence electrons. The third-order valence-corrected chi connectivity index (χ3v) is 2.08. The van der Waals surface area contributed by atoms with E-state index >= 15 is 0 Å². The summed E-state index contributed by atoms with van der Waals surface area (Å²) in [5.74, 6) is -2.06. The molecule has 0 aromatic heterocycles. The largest absolute Gasteiger partial charge is 0.399 e. The predicted octanol–water partition coefficient (Wildman–Crippen LogP) is 1.61. The molecule has 0 radical (unpaired) electrons. The Morgan fingerprint density at radius 1 is 1.24 bits per heavy atom. The van der Waals surface area contributed by atoms with Crippen LogP contribution in [0.15, 0.2) is 12.1 Å². The van der Waals surface area contributed by atoms with Crippen LogP contribution in [-0.4, -0.2) is 31.2 Å². The number of halogens is 4. The van der Waals surface area contributed by atoms with Crippen LogP contribution in [0.2, 0.25) is 0 Å². The van der Waals surface area contributed by atoms with Gasteiger partial charge in [0.25, 0.3) is 6.43 Å². The second kappa shape index (κ2) is 5.72. The summed E-state index contributed by atoms with van der Waals surface area (Å²) in [7, 11) is 0. The number of anilines is 2. The molecule has 0 saturated carbocycles. The summed E-state index contributed by atoms with van der Waals surface area (Å²) in [6, 6.07) is 1.68. The van der Waals surface area contributed by atoms with E-state index in [-0.39, 0.29) is 12.2 Å². The molecule has 0 amide bonds. The zero-order chi connectivity index (χ0) is 13.0. The Morgan fingerprint density at radius 2 is 1.76 bits per heavy atom. The first kappa shape index (κ1) is 13.6. The maximum absolute atomic E-state index is 13.4. The number of alkyl halides is 2. The van der Waals surface area contributed by atoms with Gasteiger partial charge in [-0.25, -0.2) is 17.6 Å². The molecule has 0 spiro atoms. The van der Waals surface area contributed by atoms with Gasteiger partial charge in [0.05, 0.1) is 13.2 Å². The van der Waals surface area contributed by atoms with Gasteiger partial charge in [0.15, 0.2) is 11.6 Å². The van der Waals surface area contributed by atoms with Crippen molar-refractivity contribution < 1.29 is 22.7 Å². The van der Waals surface area contributed by atoms with Gasteiger partial charge in [-0.1, -0.05) is 0 Å². The van der Waals surface area contributed by atoms with Crippen molar-refractivity contribution in [3.05, 3.63) is 23.8 Å². The predicted molar refractivity (Wildman–Crippen MR) is 56.1 cm³/mol. The van der Waals surface area contributed by atoms with Crippen LogP contribution in [0.4, 0.5) is 28.9 Å². The maximum atomic E-state index is 13.4. The quantitative estimate of drug-likeness (QED) is 0.618. The summed E-state index contributed by atoms with van der Waals surface area (Å²) >= 11 is 0. The molecule has 0 aliphatic rings. The Hall–Kier alpha value is -1.50. The lowest BCUT2D eigenvalue weighted by atomic mass is 10.2. The first-order valence-electron chi connectivity index (χ1n) is 4.84. The van der Waals surface area contributed by atoms with Crippen molar-refractivity contribution in [3.63, 3.8) is 0 Å². The fourth-order valence-corrected chi connectivity index (χ4v) is 1.47. The Morgan fingerprint density at radius 3 is 2.18 bits per heavy atom. The molecule has 0 unspecified atom stereocenters. The third kappa shape index (κ3) is 3.48. The number of rotatable bonds is 5. The van der Waals surface area contributed by atoms with E-state index in [2.05, 4.69) is 0 Å². The fourth-order valence-electron chi connectivity index (χ4n) is 1.47. The van der Waals surface area contributed by atoms with Crippen LogP contribution < -0.4 is 10.6 Å². The minimum Gasteiger partial charge on any atom is -0.399 e. The summed E-state index contributed by atoms with van der Waals surface area (Å²) in [5.41, 5.74) is 4.47. The lowest BCUT2D eigenvalue weighted by Crippen LogP contribution is -2.33. The van der Waals surface area contributed by atoms with Gasteiger partial charge in [0.1, 0.15) is 5.69 Å². The Kier molecular flexibility index (Phi) is 4.56. The van der Waals surface area contributed by atoms with Crippen molar-refractivity contribution in [2.24, 2.45) is 0 Å². The van der Waals surface area contributed by atoms with Gasteiger partial charge in [0, 0.05) is 12.2 Å². The van der Waals surface area contributed by atoms with E-state index in [1.54, 1.807) is 0 Å². The van der Waals surface area contributed by atoms with Gasteiger partial charge < -0.3 is 15.7 Å². The number of benzene rings is 1. The molecule has 0 aliphatic heterocycles. The second-order valence-corrected chi connectivity index (χ2v) is 3.39. The summed E-state index contributed by atoms with van der Waals surface area (Å²) in [6.07, 6.45) is -2.77. The molecule has 0 aliphatic carbocycles. The lowest BCUT2D eigenvalue weighted by Gasteiger charge is -2.24. The summed E-state index contributed by atoms with van der Waals surface area (Å²) in [4.78, 5) is 0.745. The topological polar surface area (TPSA) is 49.5 Å². The second-order valence-electron chi connectivity index (χ2n) is 3.39. The van der Waals surface area contributed by atoms with E-state index in [1.165, 1.54) is 0 Å². The van der Waals surface area contributed by atoms with E-state index in [9.17, 15) is 17.6 Å². The first-order valence-corrected chi connectivity index (χ1v) is 4.84. The normalized spacial score (nSPS) is 10.9. The molecule has 0 heterocycles. The number of nitrogens with zero attached hydrogens (tertiary/aromatic N) is 1. The lowest BCUT2D eigenvalue weighted by molar-refractivity contribution is 0.152. The minimum absolute atomic E-state index is 0.134. The van der Waals surface area contributed by atoms with Crippen LogP contribution in [0.3, 0.4) is 0 Å². The smallest absolute Gasteiger partial charge is 0.255 e. The number of aliphatic hydroxyl groups is 1. The van der Waals surface area contributed by atoms with Crippen molar-refractivity contribution in [3.8, 4) is 0 Å². The molecule has 1 rings (SSSR count). The van der Waals surface area contributed by atoms with Gasteiger partial charge in [-0.3, -0.25) is 0 Å². The SMILES string of the molecule is Nc1cc(F)c(N(CCO)CC(F)F)c(F)c1. The molecule has 0 bridgehead atoms. The molecule has 3 N–H and O–H groups in total. The monoisotopic (exact) mass is 252 g/mol. The molecule has 0 fully saturated rings. The number of aliphatic hydroxyl groups excluding tert-OH is 1. The Bertz CT molecular complexity index is 364. The van der Waals surface area contributed by atoms with Crippen LogP contribution in [0.25, 0.3) is 0 Å². The van der Waals surface area contributed by atoms with Crippen LogP contribution in [0, 0.1) is 11.6 Å². The molecule has 17 heavy (non-hydrogen) atoms. The molecular weight excluding hydrogens is 240 g/mol. The molecule has 7 heteroatoms. The molecule has 1 aromatic carbocycles. The van der Waals surface area contributed by atoms with Crippen LogP contribution >= 0.6 is 0 Å². The summed E-state index contributed by atoms with van der Waals surface area (Å²) < 4.78 is 51.4. The van der Waals surface area contributed by atoms with Crippen LogP contribution in [-0.2, 0) is 0 Å². The standard InChI is InChI=1S/C10H12F4N2O/c11-7-3-6(15)4-8(12)10(7)16(1-2-17)5-9(13)14/h3-4,9,17H,1-2,5,15H2. The molecule has 0 saturated heterocycles. The number of nitrogen functional groups attached to an aromatic ring is 1. The number of nitrogens with two attached hydrogens (primary N) is 1. The highest BCUT2D eigenvalue weighted by Crippen LogP contribution is 2.26. The first-order chi connectivity index (χ1) is 7.95. The van der Waals surface area contributed by atoms with Crippen molar-refractivity contribution in [1.82, 2.24) is 0 Å². The minimum atomic E-state index is -2.77. The van der Waals surface area contributed by atoms with Crippen LogP contribution in [0.5, 0.6) is 0 Å². The van der Waals surface area contributed by atoms with Gasteiger partial charge in [-0.15, -0.1) is 0 Å². The van der Waals surface area contributed by atoms with Crippen molar-refractivity contribution in [2.45, 2.75) is 6.43 Å². The number of hydrogen-bond acceptors (Lipinski definition) is 3. The fraction of sp³-hybridized carbons (Fsp3) is 0.400.